The first kappa shape index (κ1) is 19.9. The predicted molar refractivity (Wildman–Crippen MR) is 112 cm³/mol. The Hall–Kier alpha value is -3.42. The van der Waals surface area contributed by atoms with Crippen molar-refractivity contribution in [3.05, 3.63) is 52.6 Å². The Bertz CT molecular complexity index is 1090. The highest BCUT2D eigenvalue weighted by Gasteiger charge is 2.18. The van der Waals surface area contributed by atoms with E-state index in [4.69, 9.17) is 9.47 Å². The van der Waals surface area contributed by atoms with Crippen LogP contribution >= 0.6 is 0 Å². The fourth-order valence-corrected chi connectivity index (χ4v) is 3.53. The molecule has 1 amide bonds. The van der Waals surface area contributed by atoms with Crippen molar-refractivity contribution in [2.45, 2.75) is 40.5 Å². The van der Waals surface area contributed by atoms with Crippen LogP contribution < -0.4 is 14.8 Å². The third kappa shape index (κ3) is 4.12. The fraction of sp³-hybridized carbons (Fsp3) is 0.364. The molecule has 1 aromatic carbocycles. The second-order valence-electron chi connectivity index (χ2n) is 7.45. The van der Waals surface area contributed by atoms with Gasteiger partial charge in [0.05, 0.1) is 25.3 Å². The lowest BCUT2D eigenvalue weighted by Crippen LogP contribution is -2.15. The molecule has 8 heteroatoms. The third-order valence-electron chi connectivity index (χ3n) is 4.97. The van der Waals surface area contributed by atoms with Crippen molar-refractivity contribution in [2.24, 2.45) is 0 Å². The maximum absolute atomic E-state index is 12.7. The number of rotatable bonds is 4. The largest absolute Gasteiger partial charge is 0.490 e. The first-order chi connectivity index (χ1) is 14.4. The van der Waals surface area contributed by atoms with Gasteiger partial charge in [-0.25, -0.2) is 14.6 Å². The first-order valence-corrected chi connectivity index (χ1v) is 9.98. The van der Waals surface area contributed by atoms with Crippen LogP contribution in [0.15, 0.2) is 24.3 Å². The molecule has 2 aromatic heterocycles. The van der Waals surface area contributed by atoms with E-state index in [9.17, 15) is 4.79 Å². The Morgan fingerprint density at radius 2 is 1.73 bits per heavy atom. The molecule has 0 bridgehead atoms. The fourth-order valence-electron chi connectivity index (χ4n) is 3.53. The van der Waals surface area contributed by atoms with Crippen LogP contribution in [0.2, 0.25) is 0 Å². The molecular formula is C22H25N5O3. The van der Waals surface area contributed by atoms with Crippen molar-refractivity contribution < 1.29 is 14.3 Å². The maximum atomic E-state index is 12.7. The molecule has 3 heterocycles. The molecule has 0 radical (unpaired) electrons. The normalized spacial score (nSPS) is 13.1. The molecule has 3 aromatic rings. The van der Waals surface area contributed by atoms with Crippen molar-refractivity contribution in [2.75, 3.05) is 18.5 Å². The molecule has 0 saturated carbocycles. The summed E-state index contributed by atoms with van der Waals surface area (Å²) < 4.78 is 13.0. The van der Waals surface area contributed by atoms with Gasteiger partial charge in [0.25, 0.3) is 5.95 Å². The smallest absolute Gasteiger partial charge is 0.251 e. The van der Waals surface area contributed by atoms with E-state index in [0.717, 1.165) is 34.8 Å². The Kier molecular flexibility index (Phi) is 5.39. The minimum atomic E-state index is -0.128. The van der Waals surface area contributed by atoms with Gasteiger partial charge in [-0.3, -0.25) is 4.79 Å². The lowest BCUT2D eigenvalue weighted by Gasteiger charge is -2.10. The van der Waals surface area contributed by atoms with Crippen molar-refractivity contribution in [3.63, 3.8) is 0 Å². The van der Waals surface area contributed by atoms with Crippen molar-refractivity contribution in [3.8, 4) is 17.4 Å². The van der Waals surface area contributed by atoms with Gasteiger partial charge in [0, 0.05) is 40.8 Å². The molecule has 30 heavy (non-hydrogen) atoms. The summed E-state index contributed by atoms with van der Waals surface area (Å²) in [4.78, 5) is 21.7. The van der Waals surface area contributed by atoms with Gasteiger partial charge in [-0.05, 0) is 45.9 Å². The Balaban J connectivity index is 1.53. The zero-order valence-corrected chi connectivity index (χ0v) is 17.7. The second kappa shape index (κ2) is 8.14. The van der Waals surface area contributed by atoms with Gasteiger partial charge >= 0.3 is 0 Å². The van der Waals surface area contributed by atoms with Crippen LogP contribution in [0.25, 0.3) is 5.95 Å². The van der Waals surface area contributed by atoms with Crippen molar-refractivity contribution in [1.82, 2.24) is 19.7 Å². The molecule has 4 rings (SSSR count). The average molecular weight is 407 g/mol. The molecule has 156 valence electrons. The minimum Gasteiger partial charge on any atom is -0.490 e. The number of hydrogen-bond acceptors (Lipinski definition) is 6. The van der Waals surface area contributed by atoms with E-state index in [1.54, 1.807) is 10.7 Å². The summed E-state index contributed by atoms with van der Waals surface area (Å²) in [6, 6.07) is 7.35. The summed E-state index contributed by atoms with van der Waals surface area (Å²) in [5.41, 5.74) is 4.92. The molecule has 0 spiro atoms. The van der Waals surface area contributed by atoms with Gasteiger partial charge in [-0.2, -0.15) is 5.10 Å². The molecular weight excluding hydrogens is 382 g/mol. The van der Waals surface area contributed by atoms with Crippen LogP contribution in [0, 0.1) is 27.7 Å². The van der Waals surface area contributed by atoms with E-state index in [-0.39, 0.29) is 12.3 Å². The van der Waals surface area contributed by atoms with Crippen LogP contribution in [-0.2, 0) is 11.2 Å². The average Bonchev–Trinajstić information content (AvgIpc) is 2.85. The molecule has 0 unspecified atom stereocenters. The van der Waals surface area contributed by atoms with E-state index in [2.05, 4.69) is 20.4 Å². The van der Waals surface area contributed by atoms with Crippen LogP contribution in [-0.4, -0.2) is 38.9 Å². The summed E-state index contributed by atoms with van der Waals surface area (Å²) in [6.07, 6.45) is 1.04. The maximum Gasteiger partial charge on any atom is 0.251 e. The van der Waals surface area contributed by atoms with Crippen LogP contribution in [0.1, 0.15) is 34.8 Å². The summed E-state index contributed by atoms with van der Waals surface area (Å²) >= 11 is 0. The highest BCUT2D eigenvalue weighted by atomic mass is 16.5. The van der Waals surface area contributed by atoms with E-state index in [1.165, 1.54) is 0 Å². The number of hydrogen-bond donors (Lipinski definition) is 1. The number of benzene rings is 1. The zero-order valence-electron chi connectivity index (χ0n) is 17.7. The third-order valence-corrected chi connectivity index (χ3v) is 4.97. The monoisotopic (exact) mass is 407 g/mol. The lowest BCUT2D eigenvalue weighted by atomic mass is 10.1. The molecule has 0 atom stereocenters. The first-order valence-electron chi connectivity index (χ1n) is 9.98. The number of aromatic nitrogens is 4. The van der Waals surface area contributed by atoms with Crippen molar-refractivity contribution >= 4 is 11.6 Å². The number of fused-ring (bicyclic) bond motifs is 1. The summed E-state index contributed by atoms with van der Waals surface area (Å²) in [6.45, 7) is 8.90. The van der Waals surface area contributed by atoms with Crippen LogP contribution in [0.3, 0.4) is 0 Å². The van der Waals surface area contributed by atoms with Crippen LogP contribution in [0.4, 0.5) is 5.69 Å². The van der Waals surface area contributed by atoms with E-state index in [0.29, 0.717) is 36.3 Å². The van der Waals surface area contributed by atoms with Gasteiger partial charge in [0.2, 0.25) is 5.91 Å². The lowest BCUT2D eigenvalue weighted by molar-refractivity contribution is -0.115. The SMILES string of the molecule is Cc1cc(C)nc(-n2nc(C)c(CC(=O)Nc3ccc4c(c3)OCCCO4)c2C)n1. The number of aryl methyl sites for hydroxylation is 3. The predicted octanol–water partition coefficient (Wildman–Crippen LogP) is 3.24. The number of carbonyl (C=O) groups excluding carboxylic acids is 1. The summed E-state index contributed by atoms with van der Waals surface area (Å²) in [7, 11) is 0. The van der Waals surface area contributed by atoms with Gasteiger partial charge in [-0.15, -0.1) is 0 Å². The number of nitrogens with one attached hydrogen (secondary N) is 1. The summed E-state index contributed by atoms with van der Waals surface area (Å²) in [5.74, 6) is 1.74. The number of amides is 1. The van der Waals surface area contributed by atoms with Crippen LogP contribution in [0.5, 0.6) is 11.5 Å². The molecule has 1 N–H and O–H groups in total. The molecule has 0 saturated heterocycles. The quantitative estimate of drug-likeness (QED) is 0.714. The highest BCUT2D eigenvalue weighted by Crippen LogP contribution is 2.32. The minimum absolute atomic E-state index is 0.128. The molecule has 8 nitrogen and oxygen atoms in total. The standard InChI is InChI=1S/C22H25N5O3/c1-13-10-14(2)24-22(23-13)27-16(4)18(15(3)26-27)12-21(28)25-17-6-7-19-20(11-17)30-9-5-8-29-19/h6-7,10-11H,5,8-9,12H2,1-4H3,(H,25,28). The van der Waals surface area contributed by atoms with E-state index in [1.807, 2.05) is 45.9 Å². The Labute approximate surface area is 175 Å². The molecule has 1 aliphatic rings. The van der Waals surface area contributed by atoms with E-state index < -0.39 is 0 Å². The second-order valence-corrected chi connectivity index (χ2v) is 7.45. The zero-order chi connectivity index (χ0) is 21.3. The molecule has 1 aliphatic heterocycles. The topological polar surface area (TPSA) is 91.2 Å². The highest BCUT2D eigenvalue weighted by molar-refractivity contribution is 5.92. The number of anilines is 1. The van der Waals surface area contributed by atoms with Gasteiger partial charge < -0.3 is 14.8 Å². The number of carbonyl (C=O) groups is 1. The van der Waals surface area contributed by atoms with Gasteiger partial charge in [0.15, 0.2) is 11.5 Å². The molecule has 0 aliphatic carbocycles. The summed E-state index contributed by atoms with van der Waals surface area (Å²) in [5, 5.41) is 7.51. The van der Waals surface area contributed by atoms with Gasteiger partial charge in [-0.1, -0.05) is 0 Å². The Morgan fingerprint density at radius 1 is 1.03 bits per heavy atom. The Morgan fingerprint density at radius 3 is 2.47 bits per heavy atom. The van der Waals surface area contributed by atoms with Crippen molar-refractivity contribution in [1.29, 1.82) is 0 Å². The van der Waals surface area contributed by atoms with E-state index >= 15 is 0 Å². The number of nitrogens with zero attached hydrogens (tertiary/aromatic N) is 4. The van der Waals surface area contributed by atoms with Gasteiger partial charge in [0.1, 0.15) is 0 Å². The molecule has 0 fully saturated rings. The number of ether oxygens (including phenoxy) is 2.